The predicted octanol–water partition coefficient (Wildman–Crippen LogP) is 4.00. The maximum atomic E-state index is 12.6. The van der Waals surface area contributed by atoms with Crippen molar-refractivity contribution in [2.75, 3.05) is 26.7 Å². The summed E-state index contributed by atoms with van der Waals surface area (Å²) in [7, 11) is 1.94. The number of hydrogen-bond acceptors (Lipinski definition) is 3. The summed E-state index contributed by atoms with van der Waals surface area (Å²) in [5, 5.41) is 2.04. The predicted molar refractivity (Wildman–Crippen MR) is 96.0 cm³/mol. The third-order valence-corrected chi connectivity index (χ3v) is 7.05. The first-order valence-corrected chi connectivity index (χ1v) is 9.42. The lowest BCUT2D eigenvalue weighted by atomic mass is 9.78. The van der Waals surface area contributed by atoms with E-state index in [-0.39, 0.29) is 5.41 Å². The van der Waals surface area contributed by atoms with Crippen LogP contribution in [0.5, 0.6) is 0 Å². The Morgan fingerprint density at radius 2 is 2.09 bits per heavy atom. The van der Waals surface area contributed by atoms with Crippen molar-refractivity contribution in [1.82, 2.24) is 9.80 Å². The molecule has 1 spiro atoms. The number of fused-ring (bicyclic) bond motifs is 1. The van der Waals surface area contributed by atoms with Crippen molar-refractivity contribution in [2.24, 2.45) is 5.41 Å². The van der Waals surface area contributed by atoms with Gasteiger partial charge in [-0.3, -0.25) is 9.69 Å². The molecule has 4 rings (SSSR count). The van der Waals surface area contributed by atoms with Crippen LogP contribution in [0.2, 0.25) is 5.02 Å². The number of piperidine rings is 1. The van der Waals surface area contributed by atoms with Crippen LogP contribution >= 0.6 is 22.9 Å². The van der Waals surface area contributed by atoms with Crippen molar-refractivity contribution >= 4 is 38.9 Å². The smallest absolute Gasteiger partial charge is 0.229 e. The van der Waals surface area contributed by atoms with Crippen LogP contribution in [-0.4, -0.2) is 42.4 Å². The van der Waals surface area contributed by atoms with E-state index in [1.165, 1.54) is 9.58 Å². The molecule has 0 aliphatic carbocycles. The Balaban J connectivity index is 1.54. The molecule has 2 aliphatic rings. The van der Waals surface area contributed by atoms with E-state index >= 15 is 0 Å². The van der Waals surface area contributed by atoms with Crippen LogP contribution in [0.1, 0.15) is 24.1 Å². The first-order chi connectivity index (χ1) is 11.1. The third kappa shape index (κ3) is 2.57. The zero-order chi connectivity index (χ0) is 16.0. The quantitative estimate of drug-likeness (QED) is 0.819. The van der Waals surface area contributed by atoms with Gasteiger partial charge >= 0.3 is 0 Å². The zero-order valence-electron chi connectivity index (χ0n) is 13.3. The Bertz CT molecular complexity index is 759. The third-order valence-electron chi connectivity index (χ3n) is 5.35. The van der Waals surface area contributed by atoms with E-state index in [0.29, 0.717) is 5.91 Å². The molecule has 0 N–H and O–H groups in total. The number of nitrogens with zero attached hydrogens (tertiary/aromatic N) is 2. The van der Waals surface area contributed by atoms with Crippen LogP contribution < -0.4 is 0 Å². The van der Waals surface area contributed by atoms with Crippen molar-refractivity contribution < 1.29 is 4.79 Å². The van der Waals surface area contributed by atoms with E-state index in [1.54, 1.807) is 11.3 Å². The van der Waals surface area contributed by atoms with E-state index in [9.17, 15) is 4.79 Å². The van der Waals surface area contributed by atoms with Crippen LogP contribution in [-0.2, 0) is 11.3 Å². The molecular weight excluding hydrogens is 328 g/mol. The second-order valence-corrected chi connectivity index (χ2v) is 8.42. The molecule has 2 aliphatic heterocycles. The van der Waals surface area contributed by atoms with Crippen molar-refractivity contribution in [2.45, 2.75) is 25.8 Å². The van der Waals surface area contributed by atoms with Gasteiger partial charge in [0.05, 0.1) is 10.4 Å². The molecule has 23 heavy (non-hydrogen) atoms. The minimum atomic E-state index is -0.143. The molecule has 2 fully saturated rings. The summed E-state index contributed by atoms with van der Waals surface area (Å²) in [5.41, 5.74) is -0.143. The highest BCUT2D eigenvalue weighted by Crippen LogP contribution is 2.42. The summed E-state index contributed by atoms with van der Waals surface area (Å²) in [5.74, 6) is 0.341. The van der Waals surface area contributed by atoms with E-state index in [4.69, 9.17) is 11.6 Å². The molecule has 1 amide bonds. The van der Waals surface area contributed by atoms with Gasteiger partial charge in [-0.1, -0.05) is 29.8 Å². The van der Waals surface area contributed by atoms with Crippen molar-refractivity contribution in [3.05, 3.63) is 34.2 Å². The molecule has 1 unspecified atom stereocenters. The zero-order valence-corrected chi connectivity index (χ0v) is 14.9. The Labute approximate surface area is 145 Å². The Kier molecular flexibility index (Phi) is 3.87. The summed E-state index contributed by atoms with van der Waals surface area (Å²) < 4.78 is 1.25. The highest BCUT2D eigenvalue weighted by molar-refractivity contribution is 7.19. The van der Waals surface area contributed by atoms with E-state index in [2.05, 4.69) is 23.1 Å². The van der Waals surface area contributed by atoms with Gasteiger partial charge in [-0.05, 0) is 31.9 Å². The average molecular weight is 349 g/mol. The van der Waals surface area contributed by atoms with Crippen LogP contribution in [0.4, 0.5) is 0 Å². The van der Waals surface area contributed by atoms with E-state index in [1.807, 2.05) is 18.0 Å². The monoisotopic (exact) mass is 348 g/mol. The largest absolute Gasteiger partial charge is 0.345 e. The Hall–Kier alpha value is -1.10. The van der Waals surface area contributed by atoms with Crippen LogP contribution in [0, 0.1) is 5.41 Å². The first kappa shape index (κ1) is 15.4. The molecule has 3 heterocycles. The number of rotatable bonds is 2. The molecule has 0 saturated carbocycles. The normalized spacial score (nSPS) is 25.8. The van der Waals surface area contributed by atoms with Gasteiger partial charge < -0.3 is 4.90 Å². The maximum Gasteiger partial charge on any atom is 0.229 e. The second-order valence-electron chi connectivity index (χ2n) is 6.91. The molecule has 2 aromatic rings. The van der Waals surface area contributed by atoms with Crippen LogP contribution in [0.15, 0.2) is 24.3 Å². The maximum absolute atomic E-state index is 12.6. The Morgan fingerprint density at radius 1 is 1.26 bits per heavy atom. The second kappa shape index (κ2) is 5.76. The SMILES string of the molecule is CN1CCCC2(CCN(Cc3sc4ccccc4c3Cl)C2)C1=O. The average Bonchev–Trinajstić information content (AvgIpc) is 3.09. The van der Waals surface area contributed by atoms with Gasteiger partial charge in [-0.2, -0.15) is 0 Å². The fourth-order valence-corrected chi connectivity index (χ4v) is 5.64. The number of likely N-dealkylation sites (tertiary alicyclic amines) is 2. The number of hydrogen-bond donors (Lipinski definition) is 0. The minimum Gasteiger partial charge on any atom is -0.345 e. The summed E-state index contributed by atoms with van der Waals surface area (Å²) in [4.78, 5) is 18.2. The highest BCUT2D eigenvalue weighted by Gasteiger charge is 2.47. The molecule has 1 aromatic heterocycles. The number of carbonyl (C=O) groups excluding carboxylic acids is 1. The van der Waals surface area contributed by atoms with Gasteiger partial charge in [0, 0.05) is 41.6 Å². The molecular formula is C18H21ClN2OS. The lowest BCUT2D eigenvalue weighted by molar-refractivity contribution is -0.143. The summed E-state index contributed by atoms with van der Waals surface area (Å²) in [6, 6.07) is 8.30. The van der Waals surface area contributed by atoms with Crippen LogP contribution in [0.25, 0.3) is 10.1 Å². The molecule has 3 nitrogen and oxygen atoms in total. The van der Waals surface area contributed by atoms with Gasteiger partial charge in [-0.25, -0.2) is 0 Å². The minimum absolute atomic E-state index is 0.143. The molecule has 0 bridgehead atoms. The van der Waals surface area contributed by atoms with Gasteiger partial charge in [0.15, 0.2) is 0 Å². The number of thiophene rings is 1. The number of benzene rings is 1. The fourth-order valence-electron chi connectivity index (χ4n) is 4.11. The van der Waals surface area contributed by atoms with Crippen molar-refractivity contribution in [3.8, 4) is 0 Å². The molecule has 1 aromatic carbocycles. The van der Waals surface area contributed by atoms with E-state index < -0.39 is 0 Å². The topological polar surface area (TPSA) is 23.6 Å². The van der Waals surface area contributed by atoms with Crippen molar-refractivity contribution in [3.63, 3.8) is 0 Å². The van der Waals surface area contributed by atoms with Crippen LogP contribution in [0.3, 0.4) is 0 Å². The summed E-state index contributed by atoms with van der Waals surface area (Å²) in [6.07, 6.45) is 3.14. The molecule has 122 valence electrons. The van der Waals surface area contributed by atoms with E-state index in [0.717, 1.165) is 55.9 Å². The number of carbonyl (C=O) groups is 1. The summed E-state index contributed by atoms with van der Waals surface area (Å²) in [6.45, 7) is 3.63. The number of amides is 1. The Morgan fingerprint density at radius 3 is 2.91 bits per heavy atom. The fraction of sp³-hybridized carbons (Fsp3) is 0.500. The van der Waals surface area contributed by atoms with Gasteiger partial charge in [0.2, 0.25) is 5.91 Å². The lowest BCUT2D eigenvalue weighted by Crippen LogP contribution is -2.48. The van der Waals surface area contributed by atoms with Gasteiger partial charge in [-0.15, -0.1) is 11.3 Å². The highest BCUT2D eigenvalue weighted by atomic mass is 35.5. The van der Waals surface area contributed by atoms with Gasteiger partial charge in [0.25, 0.3) is 0 Å². The standard InChI is InChI=1S/C18H21ClN2OS/c1-20-9-4-7-18(17(20)22)8-10-21(12-18)11-15-16(19)13-5-2-3-6-14(13)23-15/h2-3,5-6H,4,7-12H2,1H3. The molecule has 5 heteroatoms. The molecule has 2 saturated heterocycles. The molecule has 1 atom stereocenters. The first-order valence-electron chi connectivity index (χ1n) is 8.23. The lowest BCUT2D eigenvalue weighted by Gasteiger charge is -2.37. The number of halogens is 1. The van der Waals surface area contributed by atoms with Gasteiger partial charge in [0.1, 0.15) is 0 Å². The summed E-state index contributed by atoms with van der Waals surface area (Å²) >= 11 is 8.35. The molecule has 0 radical (unpaired) electrons. The van der Waals surface area contributed by atoms with Crippen molar-refractivity contribution in [1.29, 1.82) is 0 Å².